The molecule has 0 amide bonds. The van der Waals surface area contributed by atoms with Crippen LogP contribution in [0.2, 0.25) is 0 Å². The van der Waals surface area contributed by atoms with Crippen LogP contribution in [0.15, 0.2) is 59.7 Å². The van der Waals surface area contributed by atoms with Gasteiger partial charge in [-0.25, -0.2) is 9.78 Å². The number of benzene rings is 1. The smallest absolute Gasteiger partial charge is 0.335 e. The third-order valence-corrected chi connectivity index (χ3v) is 3.30. The molecule has 6 nitrogen and oxygen atoms in total. The van der Waals surface area contributed by atoms with Gasteiger partial charge in [0, 0.05) is 12.7 Å². The van der Waals surface area contributed by atoms with Crippen LogP contribution in [0.3, 0.4) is 0 Å². The molecule has 0 atom stereocenters. The van der Waals surface area contributed by atoms with Gasteiger partial charge in [0.25, 0.3) is 5.56 Å². The lowest BCUT2D eigenvalue weighted by Crippen LogP contribution is -2.19. The highest BCUT2D eigenvalue weighted by atomic mass is 16.4. The molecule has 3 rings (SSSR count). The number of hydrogen-bond acceptors (Lipinski definition) is 4. The highest BCUT2D eigenvalue weighted by Gasteiger charge is 2.05. The number of aromatic carboxylic acids is 1. The number of nitrogens with one attached hydrogen (secondary N) is 1. The average Bonchev–Trinajstić information content (AvgIpc) is 2.55. The Hall–Kier alpha value is -3.15. The van der Waals surface area contributed by atoms with E-state index in [9.17, 15) is 9.59 Å². The Kier molecular flexibility index (Phi) is 3.57. The molecule has 0 fully saturated rings. The van der Waals surface area contributed by atoms with Crippen molar-refractivity contribution < 1.29 is 9.90 Å². The fraction of sp³-hybridized carbons (Fsp3) is 0.0625. The highest BCUT2D eigenvalue weighted by molar-refractivity contribution is 5.87. The maximum Gasteiger partial charge on any atom is 0.335 e. The minimum absolute atomic E-state index is 0.173. The first-order valence-electron chi connectivity index (χ1n) is 6.67. The second-order valence-electron chi connectivity index (χ2n) is 4.76. The summed E-state index contributed by atoms with van der Waals surface area (Å²) in [6.07, 6.45) is 3.17. The molecule has 0 aliphatic carbocycles. The van der Waals surface area contributed by atoms with Gasteiger partial charge in [-0.2, -0.15) is 0 Å². The van der Waals surface area contributed by atoms with Gasteiger partial charge in [-0.3, -0.25) is 9.20 Å². The van der Waals surface area contributed by atoms with Gasteiger partial charge in [-0.05, 0) is 29.8 Å². The van der Waals surface area contributed by atoms with Crippen LogP contribution in [0.25, 0.3) is 5.65 Å². The lowest BCUT2D eigenvalue weighted by atomic mass is 10.1. The summed E-state index contributed by atoms with van der Waals surface area (Å²) < 4.78 is 1.47. The zero-order valence-corrected chi connectivity index (χ0v) is 11.6. The summed E-state index contributed by atoms with van der Waals surface area (Å²) in [5.74, 6) is -0.962. The Morgan fingerprint density at radius 1 is 1.18 bits per heavy atom. The number of rotatable bonds is 4. The van der Waals surface area contributed by atoms with Crippen LogP contribution >= 0.6 is 0 Å². The van der Waals surface area contributed by atoms with Gasteiger partial charge in [0.1, 0.15) is 11.3 Å². The van der Waals surface area contributed by atoms with E-state index in [1.54, 1.807) is 30.5 Å². The van der Waals surface area contributed by atoms with Crippen LogP contribution in [-0.4, -0.2) is 20.5 Å². The number of carboxylic acids is 1. The van der Waals surface area contributed by atoms with Crippen molar-refractivity contribution in [2.75, 3.05) is 5.32 Å². The molecule has 6 heteroatoms. The van der Waals surface area contributed by atoms with Crippen molar-refractivity contribution in [1.82, 2.24) is 9.38 Å². The Bertz CT molecular complexity index is 885. The summed E-state index contributed by atoms with van der Waals surface area (Å²) in [5.41, 5.74) is 1.92. The Morgan fingerprint density at radius 2 is 1.95 bits per heavy atom. The van der Waals surface area contributed by atoms with Crippen molar-refractivity contribution in [3.05, 3.63) is 76.3 Å². The largest absolute Gasteiger partial charge is 0.478 e. The van der Waals surface area contributed by atoms with Gasteiger partial charge >= 0.3 is 5.97 Å². The first-order valence-corrected chi connectivity index (χ1v) is 6.67. The zero-order chi connectivity index (χ0) is 15.5. The summed E-state index contributed by atoms with van der Waals surface area (Å²) in [5, 5.41) is 11.9. The van der Waals surface area contributed by atoms with E-state index < -0.39 is 5.97 Å². The van der Waals surface area contributed by atoms with E-state index in [-0.39, 0.29) is 11.1 Å². The fourth-order valence-electron chi connectivity index (χ4n) is 2.11. The van der Waals surface area contributed by atoms with Crippen molar-refractivity contribution in [2.24, 2.45) is 0 Å². The number of anilines is 1. The topological polar surface area (TPSA) is 83.7 Å². The summed E-state index contributed by atoms with van der Waals surface area (Å²) in [6, 6.07) is 11.8. The normalized spacial score (nSPS) is 10.5. The molecule has 2 N–H and O–H groups in total. The molecule has 2 aromatic heterocycles. The Balaban J connectivity index is 1.80. The lowest BCUT2D eigenvalue weighted by molar-refractivity contribution is 0.0697. The van der Waals surface area contributed by atoms with Gasteiger partial charge in [0.15, 0.2) is 0 Å². The van der Waals surface area contributed by atoms with Gasteiger partial charge < -0.3 is 10.4 Å². The SMILES string of the molecule is O=C(O)c1ccc(CNc2cnc3ccccn3c2=O)cc1. The molecule has 0 aliphatic rings. The average molecular weight is 295 g/mol. The zero-order valence-electron chi connectivity index (χ0n) is 11.6. The van der Waals surface area contributed by atoms with E-state index in [1.807, 2.05) is 6.07 Å². The van der Waals surface area contributed by atoms with Gasteiger partial charge in [-0.15, -0.1) is 0 Å². The summed E-state index contributed by atoms with van der Waals surface area (Å²) >= 11 is 0. The second kappa shape index (κ2) is 5.69. The van der Waals surface area contributed by atoms with Crippen LogP contribution in [0.5, 0.6) is 0 Å². The first-order chi connectivity index (χ1) is 10.6. The third kappa shape index (κ3) is 2.67. The van der Waals surface area contributed by atoms with E-state index in [0.717, 1.165) is 5.56 Å². The standard InChI is InChI=1S/C16H13N3O3/c20-15-13(10-18-14-3-1-2-8-19(14)15)17-9-11-4-6-12(7-5-11)16(21)22/h1-8,10,17H,9H2,(H,21,22). The van der Waals surface area contributed by atoms with Crippen molar-refractivity contribution in [2.45, 2.75) is 6.54 Å². The minimum atomic E-state index is -0.962. The van der Waals surface area contributed by atoms with Gasteiger partial charge in [-0.1, -0.05) is 18.2 Å². The van der Waals surface area contributed by atoms with Crippen molar-refractivity contribution in [3.8, 4) is 0 Å². The molecule has 0 aliphatic heterocycles. The lowest BCUT2D eigenvalue weighted by Gasteiger charge is -2.07. The van der Waals surface area contributed by atoms with Crippen LogP contribution < -0.4 is 10.9 Å². The van der Waals surface area contributed by atoms with Crippen LogP contribution in [0.1, 0.15) is 15.9 Å². The third-order valence-electron chi connectivity index (χ3n) is 3.30. The first kappa shape index (κ1) is 13.8. The fourth-order valence-corrected chi connectivity index (χ4v) is 2.11. The Labute approximate surface area is 125 Å². The highest BCUT2D eigenvalue weighted by Crippen LogP contribution is 2.07. The maximum absolute atomic E-state index is 12.3. The van der Waals surface area contributed by atoms with Crippen LogP contribution in [-0.2, 0) is 6.54 Å². The van der Waals surface area contributed by atoms with Crippen molar-refractivity contribution in [1.29, 1.82) is 0 Å². The van der Waals surface area contributed by atoms with E-state index >= 15 is 0 Å². The number of aromatic nitrogens is 2. The molecular formula is C16H13N3O3. The predicted octanol–water partition coefficient (Wildman–Crippen LogP) is 2.00. The van der Waals surface area contributed by atoms with E-state index in [1.165, 1.54) is 22.7 Å². The molecule has 110 valence electrons. The number of carbonyl (C=O) groups is 1. The monoisotopic (exact) mass is 295 g/mol. The molecular weight excluding hydrogens is 282 g/mol. The van der Waals surface area contributed by atoms with Crippen molar-refractivity contribution >= 4 is 17.3 Å². The Morgan fingerprint density at radius 3 is 2.68 bits per heavy atom. The molecule has 3 aromatic rings. The van der Waals surface area contributed by atoms with E-state index in [0.29, 0.717) is 17.9 Å². The van der Waals surface area contributed by atoms with E-state index in [4.69, 9.17) is 5.11 Å². The quantitative estimate of drug-likeness (QED) is 0.769. The molecule has 0 saturated heterocycles. The number of fused-ring (bicyclic) bond motifs is 1. The van der Waals surface area contributed by atoms with Gasteiger partial charge in [0.2, 0.25) is 0 Å². The maximum atomic E-state index is 12.3. The number of pyridine rings is 1. The summed E-state index contributed by atoms with van der Waals surface area (Å²) in [4.78, 5) is 27.3. The molecule has 0 spiro atoms. The summed E-state index contributed by atoms with van der Waals surface area (Å²) in [7, 11) is 0. The predicted molar refractivity (Wildman–Crippen MR) is 82.2 cm³/mol. The van der Waals surface area contributed by atoms with Crippen LogP contribution in [0.4, 0.5) is 5.69 Å². The molecule has 0 saturated carbocycles. The molecule has 22 heavy (non-hydrogen) atoms. The molecule has 0 radical (unpaired) electrons. The van der Waals surface area contributed by atoms with Gasteiger partial charge in [0.05, 0.1) is 11.8 Å². The van der Waals surface area contributed by atoms with Crippen molar-refractivity contribution in [3.63, 3.8) is 0 Å². The molecule has 2 heterocycles. The van der Waals surface area contributed by atoms with E-state index in [2.05, 4.69) is 10.3 Å². The number of nitrogens with zero attached hydrogens (tertiary/aromatic N) is 2. The second-order valence-corrected chi connectivity index (χ2v) is 4.76. The number of hydrogen-bond donors (Lipinski definition) is 2. The molecule has 0 bridgehead atoms. The molecule has 1 aromatic carbocycles. The van der Waals surface area contributed by atoms with Crippen LogP contribution in [0, 0.1) is 0 Å². The number of carboxylic acid groups (broad SMARTS) is 1. The summed E-state index contributed by atoms with van der Waals surface area (Å²) in [6.45, 7) is 0.412. The minimum Gasteiger partial charge on any atom is -0.478 e. The molecule has 0 unspecified atom stereocenters.